The van der Waals surface area contributed by atoms with E-state index in [2.05, 4.69) is 0 Å². The number of hydrogen-bond donors (Lipinski definition) is 1. The van der Waals surface area contributed by atoms with Crippen molar-refractivity contribution in [3.8, 4) is 0 Å². The van der Waals surface area contributed by atoms with Crippen LogP contribution in [0.25, 0.3) is 0 Å². The lowest BCUT2D eigenvalue weighted by Gasteiger charge is -2.11. The van der Waals surface area contributed by atoms with Gasteiger partial charge in [-0.25, -0.2) is 13.6 Å². The zero-order valence-electron chi connectivity index (χ0n) is 7.67. The molecule has 1 aromatic rings. The number of benzene rings is 1. The Morgan fingerprint density at radius 1 is 1.27 bits per heavy atom. The van der Waals surface area contributed by atoms with Crippen molar-refractivity contribution in [3.05, 3.63) is 29.3 Å². The molecule has 0 saturated carbocycles. The number of halogens is 3. The Bertz CT molecular complexity index is 479. The van der Waals surface area contributed by atoms with E-state index in [0.717, 1.165) is 6.07 Å². The van der Waals surface area contributed by atoms with E-state index in [0.29, 0.717) is 11.6 Å². The summed E-state index contributed by atoms with van der Waals surface area (Å²) in [5.41, 5.74) is -0.845. The van der Waals surface area contributed by atoms with E-state index in [1.54, 1.807) is 0 Å². The van der Waals surface area contributed by atoms with Gasteiger partial charge in [0.1, 0.15) is 0 Å². The fourth-order valence-corrected chi connectivity index (χ4v) is 1.94. The molecule has 15 heavy (non-hydrogen) atoms. The Hall–Kier alpha value is -1.08. The first-order chi connectivity index (χ1) is 6.62. The van der Waals surface area contributed by atoms with Crippen molar-refractivity contribution in [2.75, 3.05) is 0 Å². The third kappa shape index (κ3) is 2.69. The van der Waals surface area contributed by atoms with Gasteiger partial charge in [0.25, 0.3) is 0 Å². The highest BCUT2D eigenvalue weighted by atomic mass is 32.2. The van der Waals surface area contributed by atoms with E-state index in [1.807, 2.05) is 0 Å². The summed E-state index contributed by atoms with van der Waals surface area (Å²) >= 11 is 0. The molecule has 1 aromatic carbocycles. The summed E-state index contributed by atoms with van der Waals surface area (Å²) in [5, 5.41) is 4.70. The number of nitrogens with two attached hydrogens (primary N) is 1. The molecule has 0 aromatic heterocycles. The van der Waals surface area contributed by atoms with E-state index in [9.17, 15) is 21.6 Å². The van der Waals surface area contributed by atoms with Crippen molar-refractivity contribution in [1.82, 2.24) is 0 Å². The van der Waals surface area contributed by atoms with Crippen LogP contribution in [0.4, 0.5) is 13.2 Å². The predicted molar refractivity (Wildman–Crippen MR) is 47.6 cm³/mol. The molecule has 0 amide bonds. The first-order valence-electron chi connectivity index (χ1n) is 3.83. The molecule has 0 fully saturated rings. The summed E-state index contributed by atoms with van der Waals surface area (Å²) in [7, 11) is -4.36. The summed E-state index contributed by atoms with van der Waals surface area (Å²) in [6, 6.07) is 2.78. The minimum atomic E-state index is -4.73. The lowest BCUT2D eigenvalue weighted by molar-refractivity contribution is -0.139. The molecule has 0 spiro atoms. The first-order valence-corrected chi connectivity index (χ1v) is 5.37. The quantitative estimate of drug-likeness (QED) is 0.810. The zero-order chi connectivity index (χ0) is 11.9. The maximum absolute atomic E-state index is 12.4. The molecule has 0 saturated heterocycles. The van der Waals surface area contributed by atoms with Crippen molar-refractivity contribution < 1.29 is 21.6 Å². The second kappa shape index (κ2) is 3.49. The van der Waals surface area contributed by atoms with Gasteiger partial charge in [-0.15, -0.1) is 0 Å². The Morgan fingerprint density at radius 2 is 1.80 bits per heavy atom. The van der Waals surface area contributed by atoms with Crippen LogP contribution in [0.5, 0.6) is 0 Å². The van der Waals surface area contributed by atoms with Crippen LogP contribution in [0.1, 0.15) is 11.1 Å². The number of alkyl halides is 3. The SMILES string of the molecule is Cc1ccc(C(F)(F)F)c(S(N)(=O)=O)c1. The normalized spacial score (nSPS) is 12.9. The maximum Gasteiger partial charge on any atom is 0.417 e. The van der Waals surface area contributed by atoms with E-state index in [1.165, 1.54) is 13.0 Å². The van der Waals surface area contributed by atoms with Gasteiger partial charge in [-0.1, -0.05) is 6.07 Å². The number of rotatable bonds is 1. The monoisotopic (exact) mass is 239 g/mol. The molecular weight excluding hydrogens is 231 g/mol. The molecule has 3 nitrogen and oxygen atoms in total. The maximum atomic E-state index is 12.4. The van der Waals surface area contributed by atoms with Crippen LogP contribution in [0.3, 0.4) is 0 Å². The summed E-state index contributed by atoms with van der Waals surface area (Å²) < 4.78 is 59.0. The second-order valence-electron chi connectivity index (χ2n) is 3.04. The van der Waals surface area contributed by atoms with Gasteiger partial charge in [-0.2, -0.15) is 13.2 Å². The Balaban J connectivity index is 3.55. The third-order valence-electron chi connectivity index (χ3n) is 1.75. The predicted octanol–water partition coefficient (Wildman–Crippen LogP) is 1.66. The van der Waals surface area contributed by atoms with Crippen LogP contribution < -0.4 is 5.14 Å². The van der Waals surface area contributed by atoms with Gasteiger partial charge in [0.05, 0.1) is 10.5 Å². The van der Waals surface area contributed by atoms with E-state index < -0.39 is 26.7 Å². The van der Waals surface area contributed by atoms with Gasteiger partial charge < -0.3 is 0 Å². The highest BCUT2D eigenvalue weighted by Gasteiger charge is 2.36. The van der Waals surface area contributed by atoms with E-state index in [-0.39, 0.29) is 0 Å². The summed E-state index contributed by atoms with van der Waals surface area (Å²) in [6.07, 6.45) is -4.73. The van der Waals surface area contributed by atoms with Gasteiger partial charge in [-0.3, -0.25) is 0 Å². The molecule has 0 radical (unpaired) electrons. The Morgan fingerprint density at radius 3 is 2.20 bits per heavy atom. The average molecular weight is 239 g/mol. The summed E-state index contributed by atoms with van der Waals surface area (Å²) in [4.78, 5) is -0.894. The van der Waals surface area contributed by atoms with Crippen LogP contribution in [-0.2, 0) is 16.2 Å². The van der Waals surface area contributed by atoms with Crippen LogP contribution in [0.2, 0.25) is 0 Å². The van der Waals surface area contributed by atoms with Crippen molar-refractivity contribution >= 4 is 10.0 Å². The average Bonchev–Trinajstić information content (AvgIpc) is 2.00. The molecule has 2 N–H and O–H groups in total. The van der Waals surface area contributed by atoms with Crippen LogP contribution in [-0.4, -0.2) is 8.42 Å². The Labute approximate surface area is 84.8 Å². The molecule has 0 bridgehead atoms. The number of hydrogen-bond acceptors (Lipinski definition) is 2. The fourth-order valence-electron chi connectivity index (χ4n) is 1.10. The second-order valence-corrected chi connectivity index (χ2v) is 4.57. The van der Waals surface area contributed by atoms with Crippen LogP contribution >= 0.6 is 0 Å². The first kappa shape index (κ1) is 12.0. The van der Waals surface area contributed by atoms with Crippen LogP contribution in [0.15, 0.2) is 23.1 Å². The van der Waals surface area contributed by atoms with Gasteiger partial charge in [-0.05, 0) is 24.6 Å². The van der Waals surface area contributed by atoms with Gasteiger partial charge in [0.15, 0.2) is 0 Å². The van der Waals surface area contributed by atoms with E-state index >= 15 is 0 Å². The molecule has 7 heteroatoms. The summed E-state index contributed by atoms with van der Waals surface area (Å²) in [6.45, 7) is 1.48. The van der Waals surface area contributed by atoms with Crippen molar-refractivity contribution in [3.63, 3.8) is 0 Å². The van der Waals surface area contributed by atoms with E-state index in [4.69, 9.17) is 5.14 Å². The Kier molecular flexibility index (Phi) is 2.79. The third-order valence-corrected chi connectivity index (χ3v) is 2.70. The topological polar surface area (TPSA) is 60.2 Å². The summed E-state index contributed by atoms with van der Waals surface area (Å²) in [5.74, 6) is 0. The molecule has 0 aliphatic heterocycles. The molecule has 0 atom stereocenters. The van der Waals surface area contributed by atoms with Gasteiger partial charge >= 0.3 is 6.18 Å². The standard InChI is InChI=1S/C8H8F3NO2S/c1-5-2-3-6(8(9,10)11)7(4-5)15(12,13)14/h2-4H,1H3,(H2,12,13,14). The molecule has 84 valence electrons. The lowest BCUT2D eigenvalue weighted by Crippen LogP contribution is -2.19. The fraction of sp³-hybridized carbons (Fsp3) is 0.250. The molecule has 1 rings (SSSR count). The van der Waals surface area contributed by atoms with Gasteiger partial charge in [0.2, 0.25) is 10.0 Å². The number of aryl methyl sites for hydroxylation is 1. The zero-order valence-corrected chi connectivity index (χ0v) is 8.48. The van der Waals surface area contributed by atoms with Gasteiger partial charge in [0, 0.05) is 0 Å². The minimum absolute atomic E-state index is 0.395. The largest absolute Gasteiger partial charge is 0.417 e. The van der Waals surface area contributed by atoms with Crippen molar-refractivity contribution in [2.24, 2.45) is 5.14 Å². The molecule has 0 heterocycles. The highest BCUT2D eigenvalue weighted by molar-refractivity contribution is 7.89. The molecular formula is C8H8F3NO2S. The highest BCUT2D eigenvalue weighted by Crippen LogP contribution is 2.33. The molecule has 0 unspecified atom stereocenters. The van der Waals surface area contributed by atoms with Crippen molar-refractivity contribution in [1.29, 1.82) is 0 Å². The molecule has 0 aliphatic carbocycles. The number of primary sulfonamides is 1. The van der Waals surface area contributed by atoms with Crippen molar-refractivity contribution in [2.45, 2.75) is 18.0 Å². The molecule has 0 aliphatic rings. The lowest BCUT2D eigenvalue weighted by atomic mass is 10.1. The van der Waals surface area contributed by atoms with Crippen LogP contribution in [0, 0.1) is 6.92 Å². The smallest absolute Gasteiger partial charge is 0.225 e. The number of sulfonamides is 1. The minimum Gasteiger partial charge on any atom is -0.225 e.